The number of nitrogens with two attached hydrogens (primary N) is 1. The van der Waals surface area contributed by atoms with Gasteiger partial charge in [-0.25, -0.2) is 22.4 Å². The van der Waals surface area contributed by atoms with Crippen LogP contribution in [0.15, 0.2) is 60.7 Å². The smallest absolute Gasteiger partial charge is 0.407 e. The Balaban J connectivity index is 0.000000235. The average molecular weight is 901 g/mol. The van der Waals surface area contributed by atoms with Crippen LogP contribution in [-0.2, 0) is 22.3 Å². The molecule has 1 radical (unpaired) electrons. The predicted octanol–water partition coefficient (Wildman–Crippen LogP) is 8.29. The van der Waals surface area contributed by atoms with E-state index in [2.05, 4.69) is 20.7 Å². The fourth-order valence-electron chi connectivity index (χ4n) is 6.36. The minimum atomic E-state index is -0.805. The van der Waals surface area contributed by atoms with Gasteiger partial charge in [-0.15, -0.1) is 0 Å². The molecule has 0 saturated carbocycles. The first-order valence-corrected chi connectivity index (χ1v) is 16.6. The number of ether oxygens (including phenoxy) is 2. The van der Waals surface area contributed by atoms with Crippen LogP contribution in [0.3, 0.4) is 0 Å². The number of benzene rings is 4. The van der Waals surface area contributed by atoms with E-state index in [0.717, 1.165) is 12.1 Å². The van der Waals surface area contributed by atoms with E-state index in [0.29, 0.717) is 40.0 Å². The largest absolute Gasteiger partial charge is 0.453 e. The first-order valence-electron chi connectivity index (χ1n) is 15.8. The predicted molar refractivity (Wildman–Crippen MR) is 189 cm³/mol. The zero-order valence-corrected chi connectivity index (χ0v) is 34.0. The van der Waals surface area contributed by atoms with Crippen molar-refractivity contribution in [2.45, 2.75) is 44.9 Å². The molecule has 9 nitrogen and oxygen atoms in total. The number of carbonyl (C=O) groups excluding carboxylic acids is 3. The summed E-state index contributed by atoms with van der Waals surface area (Å²) in [5, 5.41) is 7.59. The second-order valence-electron chi connectivity index (χ2n) is 12.9. The number of hydrogen-bond acceptors (Lipinski definition) is 6. The molecule has 16 heteroatoms. The molecule has 2 aliphatic carbocycles. The molecule has 53 heavy (non-hydrogen) atoms. The monoisotopic (exact) mass is 899 g/mol. The number of anilines is 2. The summed E-state index contributed by atoms with van der Waals surface area (Å²) in [4.78, 5) is 37.0. The Bertz CT molecular complexity index is 2070. The summed E-state index contributed by atoms with van der Waals surface area (Å²) in [6.45, 7) is 3.89. The van der Waals surface area contributed by atoms with E-state index in [-0.39, 0.29) is 68.6 Å². The third-order valence-corrected chi connectivity index (χ3v) is 9.67. The van der Waals surface area contributed by atoms with Gasteiger partial charge in [0.15, 0.2) is 0 Å². The molecule has 6 rings (SSSR count). The Kier molecular flexibility index (Phi) is 13.8. The second kappa shape index (κ2) is 17.3. The van der Waals surface area contributed by atoms with Gasteiger partial charge in [0, 0.05) is 88.8 Å². The van der Waals surface area contributed by atoms with Gasteiger partial charge >= 0.3 is 6.09 Å². The van der Waals surface area contributed by atoms with Gasteiger partial charge in [-0.05, 0) is 83.6 Å². The van der Waals surface area contributed by atoms with Gasteiger partial charge in [-0.3, -0.25) is 9.59 Å². The Morgan fingerprint density at radius 3 is 1.70 bits per heavy atom. The molecule has 3 atom stereocenters. The van der Waals surface area contributed by atoms with E-state index in [9.17, 15) is 31.9 Å². The quantitative estimate of drug-likeness (QED) is 0.144. The molecule has 0 aliphatic heterocycles. The number of rotatable bonds is 6. The van der Waals surface area contributed by atoms with E-state index >= 15 is 0 Å². The number of carbonyl (C=O) groups is 3. The van der Waals surface area contributed by atoms with Gasteiger partial charge in [0.2, 0.25) is 0 Å². The van der Waals surface area contributed by atoms with Crippen LogP contribution in [0.25, 0.3) is 0 Å². The van der Waals surface area contributed by atoms with Crippen molar-refractivity contribution in [3.63, 3.8) is 0 Å². The average Bonchev–Trinajstić information content (AvgIpc) is 3.58. The molecule has 3 amide bonds. The van der Waals surface area contributed by atoms with Crippen molar-refractivity contribution in [3.05, 3.63) is 127 Å². The summed E-state index contributed by atoms with van der Waals surface area (Å²) in [6, 6.07) is 11.6. The summed E-state index contributed by atoms with van der Waals surface area (Å²) in [6.07, 6.45) is -0.591. The van der Waals surface area contributed by atoms with Crippen molar-refractivity contribution < 1.29 is 77.0 Å². The number of alkyl carbamates (subject to hydrolysis) is 1. The molecule has 0 bridgehead atoms. The van der Waals surface area contributed by atoms with Gasteiger partial charge in [-0.2, -0.15) is 0 Å². The summed E-state index contributed by atoms with van der Waals surface area (Å²) in [5.74, 6) is -3.07. The Hall–Kier alpha value is -3.50. The van der Waals surface area contributed by atoms with E-state index in [1.807, 2.05) is 13.8 Å². The third-order valence-electron chi connectivity index (χ3n) is 9.09. The topological polar surface area (TPSA) is 132 Å². The Morgan fingerprint density at radius 2 is 1.23 bits per heavy atom. The van der Waals surface area contributed by atoms with Gasteiger partial charge in [0.25, 0.3) is 11.8 Å². The molecule has 0 fully saturated rings. The molecule has 0 saturated heterocycles. The molecule has 2 aliphatic rings. The van der Waals surface area contributed by atoms with Crippen LogP contribution < -0.4 is 21.7 Å². The summed E-state index contributed by atoms with van der Waals surface area (Å²) in [7, 11) is 2.63. The van der Waals surface area contributed by atoms with Crippen molar-refractivity contribution >= 4 is 52.5 Å². The van der Waals surface area contributed by atoms with Gasteiger partial charge in [0.05, 0.1) is 29.3 Å². The number of hydrogen-bond donors (Lipinski definition) is 4. The molecular formula is C37H34Cl2F4LaN4O5. The van der Waals surface area contributed by atoms with Crippen molar-refractivity contribution in [2.24, 2.45) is 11.1 Å². The fourth-order valence-corrected chi connectivity index (χ4v) is 6.72. The van der Waals surface area contributed by atoms with Crippen molar-refractivity contribution in [1.29, 1.82) is 0 Å². The van der Waals surface area contributed by atoms with Crippen LogP contribution in [0.1, 0.15) is 68.9 Å². The van der Waals surface area contributed by atoms with E-state index < -0.39 is 59.4 Å². The molecule has 4 aromatic carbocycles. The summed E-state index contributed by atoms with van der Waals surface area (Å²) < 4.78 is 65.2. The Morgan fingerprint density at radius 1 is 0.755 bits per heavy atom. The first kappa shape index (κ1) is 42.2. The molecule has 0 spiro atoms. The molecule has 1 unspecified atom stereocenters. The number of amides is 3. The maximum atomic E-state index is 14.5. The van der Waals surface area contributed by atoms with E-state index in [1.54, 1.807) is 0 Å². The zero-order chi connectivity index (χ0) is 38.1. The number of fused-ring (bicyclic) bond motifs is 2. The number of methoxy groups -OCH3 is 2. The SMILES string of the molecule is CC1(C)Cc2c(C(=O)Nc3ccc(F)c(Cl)c3)ccc(F)c2C1N.COC(=O)N[C@@H]1c2c(F)ccc(C(=O)Nc3ccc(F)c(Cl)c3)c2C[C@H]1OC.[La]. The number of halogens is 6. The third kappa shape index (κ3) is 9.08. The van der Waals surface area contributed by atoms with E-state index in [1.165, 1.54) is 62.8 Å². The minimum absolute atomic E-state index is 0. The van der Waals surface area contributed by atoms with Crippen LogP contribution in [0.2, 0.25) is 10.0 Å². The maximum Gasteiger partial charge on any atom is 0.407 e. The normalized spacial score (nSPS) is 17.7. The molecule has 277 valence electrons. The van der Waals surface area contributed by atoms with Crippen molar-refractivity contribution in [3.8, 4) is 0 Å². The second-order valence-corrected chi connectivity index (χ2v) is 13.7. The van der Waals surface area contributed by atoms with Crippen LogP contribution in [0.4, 0.5) is 33.7 Å². The number of nitrogens with one attached hydrogen (secondary N) is 3. The summed E-state index contributed by atoms with van der Waals surface area (Å²) in [5.41, 5.74) is 8.66. The van der Waals surface area contributed by atoms with Crippen LogP contribution in [-0.4, -0.2) is 38.2 Å². The maximum absolute atomic E-state index is 14.5. The van der Waals surface area contributed by atoms with Gasteiger partial charge in [0.1, 0.15) is 23.3 Å². The summed E-state index contributed by atoms with van der Waals surface area (Å²) >= 11 is 11.5. The minimum Gasteiger partial charge on any atom is -0.453 e. The van der Waals surface area contributed by atoms with Crippen molar-refractivity contribution in [1.82, 2.24) is 5.32 Å². The van der Waals surface area contributed by atoms with Crippen molar-refractivity contribution in [2.75, 3.05) is 24.9 Å². The van der Waals surface area contributed by atoms with Gasteiger partial charge < -0.3 is 31.2 Å². The molecule has 5 N–H and O–H groups in total. The van der Waals surface area contributed by atoms with E-state index in [4.69, 9.17) is 33.7 Å². The molecule has 0 heterocycles. The fraction of sp³-hybridized carbons (Fsp3) is 0.270. The standard InChI is InChI=1S/C19H17ClF2N2O4.C18H17ClF2N2O.La/c1-27-15-8-11-10(18(25)23-9-3-5-13(21)12(20)7-9)4-6-14(22)16(11)17(15)24-19(26)28-2;1-18(2)8-11-10(4-6-14(21)15(11)16(18)22)17(24)23-9-3-5-13(20)12(19)7-9;/h3-7,15,17H,8H2,1-2H3,(H,23,25)(H,24,26);3-7,16H,8,22H2,1-2H3,(H,23,24);/t15-,17+;;/m1../s1. The molecule has 4 aromatic rings. The van der Waals surface area contributed by atoms with Crippen LogP contribution in [0, 0.1) is 64.3 Å². The Labute approximate surface area is 340 Å². The first-order chi connectivity index (χ1) is 24.6. The van der Waals surface area contributed by atoms with Gasteiger partial charge in [-0.1, -0.05) is 37.0 Å². The molecule has 0 aromatic heterocycles. The van der Waals surface area contributed by atoms with Crippen LogP contribution >= 0.6 is 23.2 Å². The zero-order valence-electron chi connectivity index (χ0n) is 28.9. The van der Waals surface area contributed by atoms with Crippen LogP contribution in [0.5, 0.6) is 0 Å². The molecular weight excluding hydrogens is 866 g/mol.